The molecule has 1 heterocycles. The second kappa shape index (κ2) is 10.2. The zero-order chi connectivity index (χ0) is 32.0. The van der Waals surface area contributed by atoms with Gasteiger partial charge in [0.2, 0.25) is 0 Å². The van der Waals surface area contributed by atoms with Gasteiger partial charge in [0, 0.05) is 25.6 Å². The van der Waals surface area contributed by atoms with Gasteiger partial charge < -0.3 is 0 Å². The molecule has 226 valence electrons. The van der Waals surface area contributed by atoms with E-state index in [0.717, 1.165) is 0 Å². The summed E-state index contributed by atoms with van der Waals surface area (Å²) in [6.45, 7) is 4.78. The normalized spacial score (nSPS) is 13.4. The molecule has 0 saturated heterocycles. The average Bonchev–Trinajstić information content (AvgIpc) is 3.61. The molecule has 1 aromatic heterocycles. The molecule has 10 rings (SSSR count). The molecule has 1 aliphatic rings. The fourth-order valence-corrected chi connectivity index (χ4v) is 9.44. The number of hydrogen-bond donors (Lipinski definition) is 0. The van der Waals surface area contributed by atoms with E-state index in [-0.39, 0.29) is 5.41 Å². The van der Waals surface area contributed by atoms with Crippen molar-refractivity contribution >= 4 is 53.1 Å². The van der Waals surface area contributed by atoms with Crippen LogP contribution >= 0.6 is 11.3 Å². The van der Waals surface area contributed by atoms with Crippen molar-refractivity contribution in [2.75, 3.05) is 0 Å². The van der Waals surface area contributed by atoms with Crippen LogP contribution in [0.1, 0.15) is 25.0 Å². The summed E-state index contributed by atoms with van der Waals surface area (Å²) in [6, 6.07) is 58.7. The first-order valence-electron chi connectivity index (χ1n) is 16.8. The second-order valence-electron chi connectivity index (χ2n) is 13.7. The molecule has 0 saturated carbocycles. The summed E-state index contributed by atoms with van der Waals surface area (Å²) in [5, 5.41) is 7.87. The lowest BCUT2D eigenvalue weighted by molar-refractivity contribution is 0.661. The van der Waals surface area contributed by atoms with E-state index in [0.29, 0.717) is 0 Å². The van der Waals surface area contributed by atoms with Gasteiger partial charge in [-0.05, 0) is 101 Å². The largest absolute Gasteiger partial charge is 0.135 e. The highest BCUT2D eigenvalue weighted by Gasteiger charge is 2.36. The van der Waals surface area contributed by atoms with Crippen molar-refractivity contribution in [3.63, 3.8) is 0 Å². The SMILES string of the molecule is CC1(C)c2cc(-c3ccc(-c4c5ccccc5c(-c5ccccc5)c5ccccc45)cc3)ccc2-c2cc3c(cc21)sc1ccccc13. The Hall–Kier alpha value is -5.50. The monoisotopic (exact) mass is 628 g/mol. The minimum atomic E-state index is -0.0662. The zero-order valence-corrected chi connectivity index (χ0v) is 27.7. The Morgan fingerprint density at radius 1 is 0.354 bits per heavy atom. The summed E-state index contributed by atoms with van der Waals surface area (Å²) >= 11 is 1.91. The van der Waals surface area contributed by atoms with E-state index in [9.17, 15) is 0 Å². The molecule has 0 nitrogen and oxygen atoms in total. The van der Waals surface area contributed by atoms with E-state index in [1.54, 1.807) is 0 Å². The Bertz CT molecular complexity index is 2670. The minimum absolute atomic E-state index is 0.0662. The number of fused-ring (bicyclic) bond motifs is 8. The van der Waals surface area contributed by atoms with Crippen molar-refractivity contribution in [1.82, 2.24) is 0 Å². The Balaban J connectivity index is 1.09. The molecule has 48 heavy (non-hydrogen) atoms. The Kier molecular flexibility index (Phi) is 5.89. The van der Waals surface area contributed by atoms with Gasteiger partial charge in [0.1, 0.15) is 0 Å². The molecule has 9 aromatic rings. The van der Waals surface area contributed by atoms with Crippen molar-refractivity contribution in [2.24, 2.45) is 0 Å². The third-order valence-electron chi connectivity index (χ3n) is 10.7. The van der Waals surface area contributed by atoms with Crippen molar-refractivity contribution in [3.05, 3.63) is 169 Å². The molecule has 0 radical (unpaired) electrons. The van der Waals surface area contributed by atoms with E-state index in [4.69, 9.17) is 0 Å². The molecule has 1 heteroatoms. The molecule has 0 unspecified atom stereocenters. The highest BCUT2D eigenvalue weighted by molar-refractivity contribution is 7.25. The maximum absolute atomic E-state index is 2.46. The topological polar surface area (TPSA) is 0 Å². The van der Waals surface area contributed by atoms with Crippen molar-refractivity contribution in [1.29, 1.82) is 0 Å². The molecule has 0 amide bonds. The van der Waals surface area contributed by atoms with Gasteiger partial charge in [-0.1, -0.05) is 147 Å². The average molecular weight is 629 g/mol. The summed E-state index contributed by atoms with van der Waals surface area (Å²) in [7, 11) is 0. The van der Waals surface area contributed by atoms with E-state index in [1.165, 1.54) is 97.4 Å². The van der Waals surface area contributed by atoms with Crippen LogP contribution in [-0.4, -0.2) is 0 Å². The van der Waals surface area contributed by atoms with Crippen molar-refractivity contribution in [2.45, 2.75) is 19.3 Å². The van der Waals surface area contributed by atoms with Gasteiger partial charge in [-0.2, -0.15) is 0 Å². The lowest BCUT2D eigenvalue weighted by Gasteiger charge is -2.22. The Morgan fingerprint density at radius 2 is 0.854 bits per heavy atom. The Labute approximate surface area is 284 Å². The van der Waals surface area contributed by atoms with Gasteiger partial charge in [0.05, 0.1) is 0 Å². The molecular formula is C47H32S. The van der Waals surface area contributed by atoms with Crippen LogP contribution in [0.3, 0.4) is 0 Å². The number of hydrogen-bond acceptors (Lipinski definition) is 1. The highest BCUT2D eigenvalue weighted by atomic mass is 32.1. The predicted molar refractivity (Wildman–Crippen MR) is 208 cm³/mol. The first-order valence-corrected chi connectivity index (χ1v) is 17.6. The molecule has 0 aliphatic heterocycles. The first-order chi connectivity index (χ1) is 23.6. The highest BCUT2D eigenvalue weighted by Crippen LogP contribution is 2.52. The van der Waals surface area contributed by atoms with Gasteiger partial charge in [-0.15, -0.1) is 11.3 Å². The van der Waals surface area contributed by atoms with Crippen LogP contribution in [0.5, 0.6) is 0 Å². The summed E-state index contributed by atoms with van der Waals surface area (Å²) in [5.41, 5.74) is 13.1. The van der Waals surface area contributed by atoms with Crippen LogP contribution in [0.4, 0.5) is 0 Å². The predicted octanol–water partition coefficient (Wildman–Crippen LogP) is 13.7. The van der Waals surface area contributed by atoms with Crippen LogP contribution in [0.25, 0.3) is 86.2 Å². The van der Waals surface area contributed by atoms with E-state index in [1.807, 2.05) is 11.3 Å². The van der Waals surface area contributed by atoms with Crippen LogP contribution in [0.2, 0.25) is 0 Å². The van der Waals surface area contributed by atoms with E-state index >= 15 is 0 Å². The van der Waals surface area contributed by atoms with E-state index in [2.05, 4.69) is 172 Å². The molecule has 0 bridgehead atoms. The van der Waals surface area contributed by atoms with Crippen LogP contribution in [0, 0.1) is 0 Å². The summed E-state index contributed by atoms with van der Waals surface area (Å²) in [5.74, 6) is 0. The van der Waals surface area contributed by atoms with Gasteiger partial charge >= 0.3 is 0 Å². The fourth-order valence-electron chi connectivity index (χ4n) is 8.32. The van der Waals surface area contributed by atoms with Gasteiger partial charge in [-0.3, -0.25) is 0 Å². The van der Waals surface area contributed by atoms with Crippen molar-refractivity contribution in [3.8, 4) is 44.5 Å². The standard InChI is InChI=1S/C47H32S/c1-47(2)41-26-32(24-25-33(41)39-27-40-34-14-10-11-19-43(34)48-44(40)28-42(39)47)29-20-22-31(23-21-29)46-37-17-8-6-15-35(37)45(30-12-4-3-5-13-30)36-16-7-9-18-38(36)46/h3-28H,1-2H3. The Morgan fingerprint density at radius 3 is 1.50 bits per heavy atom. The van der Waals surface area contributed by atoms with Gasteiger partial charge in [-0.25, -0.2) is 0 Å². The third kappa shape index (κ3) is 3.95. The van der Waals surface area contributed by atoms with Crippen LogP contribution < -0.4 is 0 Å². The lowest BCUT2D eigenvalue weighted by atomic mass is 9.81. The van der Waals surface area contributed by atoms with E-state index < -0.39 is 0 Å². The molecular weight excluding hydrogens is 597 g/mol. The van der Waals surface area contributed by atoms with Crippen LogP contribution in [-0.2, 0) is 5.41 Å². The van der Waals surface area contributed by atoms with Crippen LogP contribution in [0.15, 0.2) is 158 Å². The molecule has 0 fully saturated rings. The molecule has 0 N–H and O–H groups in total. The number of thiophene rings is 1. The van der Waals surface area contributed by atoms with Crippen molar-refractivity contribution < 1.29 is 0 Å². The summed E-state index contributed by atoms with van der Waals surface area (Å²) < 4.78 is 2.74. The van der Waals surface area contributed by atoms with Gasteiger partial charge in [0.25, 0.3) is 0 Å². The minimum Gasteiger partial charge on any atom is -0.135 e. The summed E-state index contributed by atoms with van der Waals surface area (Å²) in [6.07, 6.45) is 0. The molecule has 8 aromatic carbocycles. The van der Waals surface area contributed by atoms with Gasteiger partial charge in [0.15, 0.2) is 0 Å². The number of benzene rings is 8. The first kappa shape index (κ1) is 27.6. The lowest BCUT2D eigenvalue weighted by Crippen LogP contribution is -2.14. The molecule has 0 spiro atoms. The second-order valence-corrected chi connectivity index (χ2v) is 14.7. The zero-order valence-electron chi connectivity index (χ0n) is 26.9. The maximum Gasteiger partial charge on any atom is 0.0358 e. The quantitative estimate of drug-likeness (QED) is 0.171. The molecule has 1 aliphatic carbocycles. The smallest absolute Gasteiger partial charge is 0.0358 e. The maximum atomic E-state index is 2.46. The third-order valence-corrected chi connectivity index (χ3v) is 11.8. The summed E-state index contributed by atoms with van der Waals surface area (Å²) in [4.78, 5) is 0. The number of rotatable bonds is 3. The fraction of sp³-hybridized carbons (Fsp3) is 0.0638. The molecule has 0 atom stereocenters.